The van der Waals surface area contributed by atoms with Gasteiger partial charge < -0.3 is 4.74 Å². The van der Waals surface area contributed by atoms with E-state index in [9.17, 15) is 0 Å². The molecule has 0 N–H and O–H groups in total. The van der Waals surface area contributed by atoms with Crippen LogP contribution in [-0.4, -0.2) is 13.2 Å². The Bertz CT molecular complexity index is 392. The molecule has 0 saturated heterocycles. The van der Waals surface area contributed by atoms with Crippen molar-refractivity contribution in [1.82, 2.24) is 0 Å². The second-order valence-corrected chi connectivity index (χ2v) is 12.5. The third kappa shape index (κ3) is 28.8. The minimum Gasteiger partial charge on any atom is -0.381 e. The second kappa shape index (κ2) is 32.2. The molecule has 0 spiro atoms. The summed E-state index contributed by atoms with van der Waals surface area (Å²) in [5.74, 6) is 1.61. The van der Waals surface area contributed by atoms with Crippen LogP contribution in [0.4, 0.5) is 0 Å². The molecule has 0 aliphatic heterocycles. The summed E-state index contributed by atoms with van der Waals surface area (Å²) in [6.45, 7) is 11.3. The fourth-order valence-electron chi connectivity index (χ4n) is 5.88. The fourth-order valence-corrected chi connectivity index (χ4v) is 5.88. The summed E-state index contributed by atoms with van der Waals surface area (Å²) >= 11 is 0. The van der Waals surface area contributed by atoms with Crippen LogP contribution >= 0.6 is 0 Å². The van der Waals surface area contributed by atoms with Crippen LogP contribution in [0.1, 0.15) is 207 Å². The minimum absolute atomic E-state index is 0.806. The lowest BCUT2D eigenvalue weighted by Crippen LogP contribution is -2.16. The van der Waals surface area contributed by atoms with Gasteiger partial charge in [-0.15, -0.1) is 0 Å². The number of hydrogen-bond donors (Lipinski definition) is 0. The van der Waals surface area contributed by atoms with Crippen LogP contribution < -0.4 is 0 Å². The normalized spacial score (nSPS) is 13.3. The molecular weight excluding hydrogens is 448 g/mol. The van der Waals surface area contributed by atoms with Gasteiger partial charge in [0.15, 0.2) is 0 Å². The molecule has 1 nitrogen and oxygen atoms in total. The Kier molecular flexibility index (Phi) is 32.1. The molecule has 0 aromatic carbocycles. The molecule has 37 heavy (non-hydrogen) atoms. The number of ether oxygens (including phenoxy) is 1. The van der Waals surface area contributed by atoms with Crippen molar-refractivity contribution in [3.63, 3.8) is 0 Å². The Morgan fingerprint density at radius 1 is 0.297 bits per heavy atom. The second-order valence-electron chi connectivity index (χ2n) is 12.5. The van der Waals surface area contributed by atoms with Crippen molar-refractivity contribution in [3.05, 3.63) is 0 Å². The molecule has 0 aliphatic carbocycles. The van der Waals surface area contributed by atoms with Gasteiger partial charge in [0, 0.05) is 13.2 Å². The van der Waals surface area contributed by atoms with E-state index < -0.39 is 0 Å². The standard InChI is InChI=1S/C36H74O/c1-5-9-13-17-20-21-24-28-32-36(31-27-23-19-15-11-7-3)34-37-33-35(29-25-16-12-8-4)30-26-22-18-14-10-6-2/h35-36H,5-34H2,1-4H3. The first kappa shape index (κ1) is 37.0. The number of rotatable bonds is 32. The molecule has 2 atom stereocenters. The maximum Gasteiger partial charge on any atom is 0.0494 e. The summed E-state index contributed by atoms with van der Waals surface area (Å²) in [4.78, 5) is 0. The molecule has 0 amide bonds. The molecule has 0 rings (SSSR count). The molecule has 0 saturated carbocycles. The largest absolute Gasteiger partial charge is 0.381 e. The van der Waals surface area contributed by atoms with Gasteiger partial charge in [-0.25, -0.2) is 0 Å². The minimum atomic E-state index is 0.806. The van der Waals surface area contributed by atoms with Gasteiger partial charge in [-0.1, -0.05) is 182 Å². The zero-order valence-electron chi connectivity index (χ0n) is 26.8. The van der Waals surface area contributed by atoms with Gasteiger partial charge >= 0.3 is 0 Å². The van der Waals surface area contributed by atoms with Crippen molar-refractivity contribution in [2.75, 3.05) is 13.2 Å². The highest BCUT2D eigenvalue weighted by Crippen LogP contribution is 2.23. The summed E-state index contributed by atoms with van der Waals surface area (Å²) in [6.07, 6.45) is 39.7. The lowest BCUT2D eigenvalue weighted by atomic mass is 9.93. The summed E-state index contributed by atoms with van der Waals surface area (Å²) in [5.41, 5.74) is 0. The van der Waals surface area contributed by atoms with Crippen molar-refractivity contribution in [2.24, 2.45) is 11.8 Å². The first-order valence-corrected chi connectivity index (χ1v) is 17.9. The lowest BCUT2D eigenvalue weighted by Gasteiger charge is -2.21. The predicted octanol–water partition coefficient (Wildman–Crippen LogP) is 13.2. The molecule has 0 heterocycles. The maximum atomic E-state index is 6.53. The smallest absolute Gasteiger partial charge is 0.0494 e. The molecule has 2 unspecified atom stereocenters. The first-order chi connectivity index (χ1) is 18.3. The van der Waals surface area contributed by atoms with Crippen molar-refractivity contribution >= 4 is 0 Å². The average Bonchev–Trinajstić information content (AvgIpc) is 2.91. The van der Waals surface area contributed by atoms with Gasteiger partial charge in [-0.2, -0.15) is 0 Å². The molecular formula is C36H74O. The lowest BCUT2D eigenvalue weighted by molar-refractivity contribution is 0.0587. The average molecular weight is 523 g/mol. The van der Waals surface area contributed by atoms with Gasteiger partial charge in [0.05, 0.1) is 0 Å². The van der Waals surface area contributed by atoms with E-state index >= 15 is 0 Å². The number of hydrogen-bond acceptors (Lipinski definition) is 1. The van der Waals surface area contributed by atoms with E-state index in [0.717, 1.165) is 25.0 Å². The third-order valence-electron chi connectivity index (χ3n) is 8.57. The molecule has 0 fully saturated rings. The third-order valence-corrected chi connectivity index (χ3v) is 8.57. The van der Waals surface area contributed by atoms with Gasteiger partial charge in [-0.3, -0.25) is 0 Å². The number of unbranched alkanes of at least 4 members (excludes halogenated alkanes) is 20. The van der Waals surface area contributed by atoms with Gasteiger partial charge in [0.25, 0.3) is 0 Å². The first-order valence-electron chi connectivity index (χ1n) is 17.9. The molecule has 0 radical (unpaired) electrons. The zero-order valence-corrected chi connectivity index (χ0v) is 26.8. The molecule has 0 aromatic heterocycles. The van der Waals surface area contributed by atoms with Gasteiger partial charge in [0.1, 0.15) is 0 Å². The van der Waals surface area contributed by atoms with E-state index in [-0.39, 0.29) is 0 Å². The van der Waals surface area contributed by atoms with Crippen LogP contribution in [-0.2, 0) is 4.74 Å². The van der Waals surface area contributed by atoms with E-state index in [1.807, 2.05) is 0 Å². The topological polar surface area (TPSA) is 9.23 Å². The fraction of sp³-hybridized carbons (Fsp3) is 1.00. The molecule has 224 valence electrons. The Morgan fingerprint density at radius 3 is 0.784 bits per heavy atom. The Morgan fingerprint density at radius 2 is 0.514 bits per heavy atom. The van der Waals surface area contributed by atoms with Crippen molar-refractivity contribution in [1.29, 1.82) is 0 Å². The van der Waals surface area contributed by atoms with Gasteiger partial charge in [0.2, 0.25) is 0 Å². The van der Waals surface area contributed by atoms with Crippen LogP contribution in [0.15, 0.2) is 0 Å². The van der Waals surface area contributed by atoms with Crippen LogP contribution in [0.2, 0.25) is 0 Å². The molecule has 0 aliphatic rings. The summed E-state index contributed by atoms with van der Waals surface area (Å²) in [6, 6.07) is 0. The van der Waals surface area contributed by atoms with Crippen LogP contribution in [0, 0.1) is 11.8 Å². The quantitative estimate of drug-likeness (QED) is 0.0798. The van der Waals surface area contributed by atoms with Gasteiger partial charge in [-0.05, 0) is 37.5 Å². The van der Waals surface area contributed by atoms with E-state index in [0.29, 0.717) is 0 Å². The Labute approximate surface area is 237 Å². The van der Waals surface area contributed by atoms with Crippen LogP contribution in [0.5, 0.6) is 0 Å². The van der Waals surface area contributed by atoms with Crippen molar-refractivity contribution < 1.29 is 4.74 Å². The van der Waals surface area contributed by atoms with E-state index in [1.165, 1.54) is 180 Å². The van der Waals surface area contributed by atoms with E-state index in [2.05, 4.69) is 27.7 Å². The summed E-state index contributed by atoms with van der Waals surface area (Å²) in [5, 5.41) is 0. The van der Waals surface area contributed by atoms with E-state index in [1.54, 1.807) is 0 Å². The highest BCUT2D eigenvalue weighted by atomic mass is 16.5. The predicted molar refractivity (Wildman–Crippen MR) is 170 cm³/mol. The monoisotopic (exact) mass is 523 g/mol. The van der Waals surface area contributed by atoms with Crippen LogP contribution in [0.3, 0.4) is 0 Å². The zero-order chi connectivity index (χ0) is 27.1. The Hall–Kier alpha value is -0.0400. The summed E-state index contributed by atoms with van der Waals surface area (Å²) in [7, 11) is 0. The Balaban J connectivity index is 4.38. The molecule has 0 bridgehead atoms. The molecule has 0 aromatic rings. The van der Waals surface area contributed by atoms with Crippen molar-refractivity contribution in [3.8, 4) is 0 Å². The summed E-state index contributed by atoms with van der Waals surface area (Å²) < 4.78 is 6.53. The van der Waals surface area contributed by atoms with Crippen molar-refractivity contribution in [2.45, 2.75) is 207 Å². The van der Waals surface area contributed by atoms with E-state index in [4.69, 9.17) is 4.74 Å². The SMILES string of the molecule is CCCCCCCCCCC(CCCCCCCC)COCC(CCCCCC)CCCCCCCC. The molecule has 1 heteroatoms. The highest BCUT2D eigenvalue weighted by molar-refractivity contribution is 4.64. The maximum absolute atomic E-state index is 6.53. The highest BCUT2D eigenvalue weighted by Gasteiger charge is 2.13. The van der Waals surface area contributed by atoms with Crippen LogP contribution in [0.25, 0.3) is 0 Å².